The first-order valence-electron chi connectivity index (χ1n) is 5.94. The van der Waals surface area contributed by atoms with Crippen molar-refractivity contribution in [2.75, 3.05) is 13.1 Å². The molecule has 3 atom stereocenters. The molecule has 0 radical (unpaired) electrons. The molecule has 3 rings (SSSR count). The monoisotopic (exact) mass is 249 g/mol. The lowest BCUT2D eigenvalue weighted by Gasteiger charge is -2.31. The maximum Gasteiger partial charge on any atom is 0.227 e. The number of hydrogen-bond acceptors (Lipinski definition) is 3. The summed E-state index contributed by atoms with van der Waals surface area (Å²) in [6.07, 6.45) is 5.11. The van der Waals surface area contributed by atoms with E-state index in [0.717, 1.165) is 25.1 Å². The topological polar surface area (TPSA) is 36.4 Å². The average Bonchev–Trinajstić information content (AvgIpc) is 2.89. The van der Waals surface area contributed by atoms with Crippen LogP contribution in [-0.4, -0.2) is 45.6 Å². The molecule has 3 heterocycles. The maximum atomic E-state index is 12.2. The molecule has 17 heavy (non-hydrogen) atoms. The first kappa shape index (κ1) is 11.1. The van der Waals surface area contributed by atoms with Crippen LogP contribution in [0.25, 0.3) is 0 Å². The quantitative estimate of drug-likeness (QED) is 0.724. The van der Waals surface area contributed by atoms with Gasteiger partial charge in [0, 0.05) is 37.6 Å². The summed E-state index contributed by atoms with van der Waals surface area (Å²) in [5.41, 5.74) is 1.00. The van der Waals surface area contributed by atoms with Gasteiger partial charge in [-0.05, 0) is 18.1 Å². The Kier molecular flexibility index (Phi) is 2.85. The van der Waals surface area contributed by atoms with E-state index in [1.54, 1.807) is 12.4 Å². The Balaban J connectivity index is 1.65. The fraction of sp³-hybridized carbons (Fsp3) is 0.500. The highest BCUT2D eigenvalue weighted by Crippen LogP contribution is 2.33. The minimum Gasteiger partial charge on any atom is -0.336 e. The molecule has 2 fully saturated rings. The number of carbonyl (C=O) groups excluding carboxylic acids is 1. The van der Waals surface area contributed by atoms with Crippen LogP contribution < -0.4 is 0 Å². The van der Waals surface area contributed by atoms with Crippen LogP contribution in [-0.2, 0) is 11.2 Å². The van der Waals surface area contributed by atoms with Crippen molar-refractivity contribution in [3.63, 3.8) is 0 Å². The van der Waals surface area contributed by atoms with Crippen molar-refractivity contribution in [3.8, 4) is 0 Å². The number of pyridine rings is 1. The molecular formula is C12H16N3OP. The molecule has 4 nitrogen and oxygen atoms in total. The second kappa shape index (κ2) is 4.35. The third-order valence-electron chi connectivity index (χ3n) is 3.68. The molecular weight excluding hydrogens is 233 g/mol. The molecule has 2 saturated heterocycles. The normalized spacial score (nSPS) is 27.7. The largest absolute Gasteiger partial charge is 0.336 e. The van der Waals surface area contributed by atoms with Crippen LogP contribution >= 0.6 is 9.39 Å². The molecule has 2 aliphatic heterocycles. The molecule has 1 amide bonds. The zero-order valence-corrected chi connectivity index (χ0v) is 10.8. The van der Waals surface area contributed by atoms with Gasteiger partial charge < -0.3 is 4.90 Å². The van der Waals surface area contributed by atoms with Crippen LogP contribution in [0, 0.1) is 0 Å². The van der Waals surface area contributed by atoms with Gasteiger partial charge >= 0.3 is 0 Å². The lowest BCUT2D eigenvalue weighted by molar-refractivity contribution is -0.132. The highest BCUT2D eigenvalue weighted by molar-refractivity contribution is 7.13. The van der Waals surface area contributed by atoms with Crippen LogP contribution in [0.15, 0.2) is 24.5 Å². The van der Waals surface area contributed by atoms with Gasteiger partial charge in [0.25, 0.3) is 0 Å². The van der Waals surface area contributed by atoms with Gasteiger partial charge in [-0.15, -0.1) is 0 Å². The molecule has 0 saturated carbocycles. The van der Waals surface area contributed by atoms with Crippen molar-refractivity contribution in [1.82, 2.24) is 14.6 Å². The Morgan fingerprint density at radius 3 is 2.94 bits per heavy atom. The van der Waals surface area contributed by atoms with Crippen molar-refractivity contribution < 1.29 is 4.79 Å². The minimum atomic E-state index is 0.239. The molecule has 2 bridgehead atoms. The molecule has 0 spiro atoms. The Morgan fingerprint density at radius 1 is 1.47 bits per heavy atom. The van der Waals surface area contributed by atoms with Gasteiger partial charge in [-0.3, -0.25) is 14.4 Å². The van der Waals surface area contributed by atoms with Crippen LogP contribution in [0.4, 0.5) is 0 Å². The van der Waals surface area contributed by atoms with Gasteiger partial charge in [0.05, 0.1) is 6.42 Å². The van der Waals surface area contributed by atoms with Crippen LogP contribution in [0.2, 0.25) is 0 Å². The van der Waals surface area contributed by atoms with Gasteiger partial charge in [0.2, 0.25) is 5.91 Å². The van der Waals surface area contributed by atoms with Gasteiger partial charge in [-0.2, -0.15) is 0 Å². The van der Waals surface area contributed by atoms with Crippen molar-refractivity contribution in [3.05, 3.63) is 30.1 Å². The predicted molar refractivity (Wildman–Crippen MR) is 68.3 cm³/mol. The second-order valence-electron chi connectivity index (χ2n) is 4.82. The number of amides is 1. The third kappa shape index (κ3) is 2.07. The number of nitrogens with zero attached hydrogens (tertiary/aromatic N) is 3. The van der Waals surface area contributed by atoms with E-state index < -0.39 is 0 Å². The number of aromatic nitrogens is 1. The zero-order valence-electron chi connectivity index (χ0n) is 9.62. The van der Waals surface area contributed by atoms with Crippen molar-refractivity contribution >= 4 is 15.3 Å². The lowest BCUT2D eigenvalue weighted by atomic mass is 10.2. The summed E-state index contributed by atoms with van der Waals surface area (Å²) < 4.78 is 2.28. The Bertz CT molecular complexity index is 423. The molecule has 90 valence electrons. The van der Waals surface area contributed by atoms with E-state index >= 15 is 0 Å². The van der Waals surface area contributed by atoms with Gasteiger partial charge in [0.15, 0.2) is 0 Å². The number of piperazine rings is 1. The highest BCUT2D eigenvalue weighted by Gasteiger charge is 2.43. The number of hydrogen-bond donors (Lipinski definition) is 0. The van der Waals surface area contributed by atoms with E-state index in [1.165, 1.54) is 0 Å². The maximum absolute atomic E-state index is 12.2. The summed E-state index contributed by atoms with van der Waals surface area (Å²) in [4.78, 5) is 18.3. The van der Waals surface area contributed by atoms with Gasteiger partial charge in [-0.25, -0.2) is 0 Å². The fourth-order valence-electron chi connectivity index (χ4n) is 2.78. The van der Waals surface area contributed by atoms with E-state index in [1.807, 2.05) is 17.0 Å². The number of likely N-dealkylation sites (tertiary alicyclic amines) is 1. The Labute approximate surface area is 103 Å². The summed E-state index contributed by atoms with van der Waals surface area (Å²) in [6.45, 7) is 1.88. The molecule has 1 aromatic heterocycles. The van der Waals surface area contributed by atoms with Gasteiger partial charge in [-0.1, -0.05) is 15.5 Å². The number of rotatable bonds is 2. The number of carbonyl (C=O) groups is 1. The fourth-order valence-corrected chi connectivity index (χ4v) is 3.24. The second-order valence-corrected chi connectivity index (χ2v) is 5.49. The molecule has 3 unspecified atom stereocenters. The molecule has 5 heteroatoms. The van der Waals surface area contributed by atoms with E-state index in [2.05, 4.69) is 19.0 Å². The smallest absolute Gasteiger partial charge is 0.227 e. The molecule has 1 aromatic rings. The highest BCUT2D eigenvalue weighted by atomic mass is 31.0. The molecule has 0 N–H and O–H groups in total. The predicted octanol–water partition coefficient (Wildman–Crippen LogP) is 0.699. The number of fused-ring (bicyclic) bond motifs is 2. The van der Waals surface area contributed by atoms with Crippen LogP contribution in [0.1, 0.15) is 12.0 Å². The van der Waals surface area contributed by atoms with Crippen molar-refractivity contribution in [2.24, 2.45) is 0 Å². The van der Waals surface area contributed by atoms with Gasteiger partial charge in [0.1, 0.15) is 0 Å². The minimum absolute atomic E-state index is 0.239. The Hall–Kier alpha value is -0.990. The molecule has 2 aliphatic rings. The standard InChI is InChI=1S/C12H16N3OP/c16-12(4-9-2-1-3-13-6-9)14-7-11-5-10(14)8-15(11)17/h1-3,6,10-11H,4-5,7-8,17H2. The van der Waals surface area contributed by atoms with Crippen LogP contribution in [0.3, 0.4) is 0 Å². The van der Waals surface area contributed by atoms with Crippen LogP contribution in [0.5, 0.6) is 0 Å². The van der Waals surface area contributed by atoms with E-state index in [4.69, 9.17) is 0 Å². The molecule has 0 aromatic carbocycles. The first-order valence-corrected chi connectivity index (χ1v) is 6.45. The summed E-state index contributed by atoms with van der Waals surface area (Å²) in [5, 5.41) is 0. The van der Waals surface area contributed by atoms with E-state index in [0.29, 0.717) is 18.5 Å². The summed E-state index contributed by atoms with van der Waals surface area (Å²) >= 11 is 0. The average molecular weight is 249 g/mol. The molecule has 0 aliphatic carbocycles. The SMILES string of the molecule is O=C(Cc1cccnc1)N1CC2CC1CN2P. The zero-order chi connectivity index (χ0) is 11.8. The first-order chi connectivity index (χ1) is 8.24. The summed E-state index contributed by atoms with van der Waals surface area (Å²) in [6, 6.07) is 4.80. The van der Waals surface area contributed by atoms with E-state index in [9.17, 15) is 4.79 Å². The lowest BCUT2D eigenvalue weighted by Crippen LogP contribution is -2.46. The van der Waals surface area contributed by atoms with E-state index in [-0.39, 0.29) is 5.91 Å². The Morgan fingerprint density at radius 2 is 2.35 bits per heavy atom. The summed E-state index contributed by atoms with van der Waals surface area (Å²) in [5.74, 6) is 0.239. The van der Waals surface area contributed by atoms with Crippen molar-refractivity contribution in [2.45, 2.75) is 24.9 Å². The third-order valence-corrected chi connectivity index (χ3v) is 4.31. The summed E-state index contributed by atoms with van der Waals surface area (Å²) in [7, 11) is 2.76. The van der Waals surface area contributed by atoms with Crippen molar-refractivity contribution in [1.29, 1.82) is 0 Å².